The van der Waals surface area contributed by atoms with E-state index in [-0.39, 0.29) is 5.60 Å². The maximum Gasteiger partial charge on any atom is 0.105 e. The number of ether oxygens (including phenoxy) is 1. The fraction of sp³-hybridized carbons (Fsp3) is 0.929. The molecule has 0 fully saturated rings. The molecule has 0 aliphatic heterocycles. The average Bonchev–Trinajstić information content (AvgIpc) is 2.27. The average molecular weight is 227 g/mol. The van der Waals surface area contributed by atoms with Gasteiger partial charge in [-0.3, -0.25) is 4.99 Å². The molecule has 0 saturated carbocycles. The van der Waals surface area contributed by atoms with E-state index in [0.29, 0.717) is 0 Å². The Morgan fingerprint density at radius 1 is 1.00 bits per heavy atom. The molecule has 0 rings (SSSR count). The van der Waals surface area contributed by atoms with Crippen LogP contribution in [0.1, 0.15) is 66.7 Å². The summed E-state index contributed by atoms with van der Waals surface area (Å²) in [5.41, 5.74) is 1.10. The van der Waals surface area contributed by atoms with Gasteiger partial charge in [0.25, 0.3) is 0 Å². The van der Waals surface area contributed by atoms with Gasteiger partial charge in [0.15, 0.2) is 0 Å². The van der Waals surface area contributed by atoms with Crippen molar-refractivity contribution in [2.75, 3.05) is 13.2 Å². The SMILES string of the molecule is CCCOC(CCC)(CCC)C(C)=NCC. The van der Waals surface area contributed by atoms with Crippen LogP contribution in [0.15, 0.2) is 4.99 Å². The van der Waals surface area contributed by atoms with Crippen molar-refractivity contribution in [1.82, 2.24) is 0 Å². The summed E-state index contributed by atoms with van der Waals surface area (Å²) in [6.07, 6.45) is 5.57. The zero-order chi connectivity index (χ0) is 12.4. The topological polar surface area (TPSA) is 21.6 Å². The summed E-state index contributed by atoms with van der Waals surface area (Å²) in [4.78, 5) is 4.58. The fourth-order valence-corrected chi connectivity index (χ4v) is 2.22. The van der Waals surface area contributed by atoms with Gasteiger partial charge in [0.05, 0.1) is 0 Å². The molecule has 0 heterocycles. The molecule has 0 unspecified atom stereocenters. The molecule has 0 N–H and O–H groups in total. The predicted octanol–water partition coefficient (Wildman–Crippen LogP) is 4.23. The minimum absolute atomic E-state index is 0.0878. The van der Waals surface area contributed by atoms with Crippen LogP contribution < -0.4 is 0 Å². The lowest BCUT2D eigenvalue weighted by Gasteiger charge is -2.34. The summed E-state index contributed by atoms with van der Waals surface area (Å²) in [6.45, 7) is 12.5. The number of aliphatic imine (C=N–C) groups is 1. The van der Waals surface area contributed by atoms with Gasteiger partial charge in [-0.1, -0.05) is 33.6 Å². The van der Waals surface area contributed by atoms with Crippen molar-refractivity contribution in [1.29, 1.82) is 0 Å². The Morgan fingerprint density at radius 2 is 1.56 bits per heavy atom. The standard InChI is InChI=1S/C14H29NO/c1-6-10-14(11-7-2,16-12-8-3)13(5)15-9-4/h6-12H2,1-5H3. The van der Waals surface area contributed by atoms with E-state index in [9.17, 15) is 0 Å². The molecule has 0 bridgehead atoms. The monoisotopic (exact) mass is 227 g/mol. The molecule has 0 aromatic heterocycles. The second-order valence-electron chi connectivity index (χ2n) is 4.40. The second kappa shape index (κ2) is 8.74. The van der Waals surface area contributed by atoms with Gasteiger partial charge in [0, 0.05) is 18.9 Å². The minimum Gasteiger partial charge on any atom is -0.369 e. The summed E-state index contributed by atoms with van der Waals surface area (Å²) in [5.74, 6) is 0. The van der Waals surface area contributed by atoms with Crippen LogP contribution in [0.3, 0.4) is 0 Å². The van der Waals surface area contributed by atoms with E-state index in [2.05, 4.69) is 39.6 Å². The highest BCUT2D eigenvalue weighted by Gasteiger charge is 2.32. The molecule has 0 amide bonds. The zero-order valence-electron chi connectivity index (χ0n) is 11.8. The number of hydrogen-bond donors (Lipinski definition) is 0. The molecular formula is C14H29NO. The van der Waals surface area contributed by atoms with E-state index in [1.807, 2.05) is 0 Å². The van der Waals surface area contributed by atoms with Crippen molar-refractivity contribution in [2.45, 2.75) is 72.3 Å². The fourth-order valence-electron chi connectivity index (χ4n) is 2.22. The normalized spacial score (nSPS) is 13.2. The summed E-state index contributed by atoms with van der Waals surface area (Å²) < 4.78 is 6.14. The number of rotatable bonds is 9. The van der Waals surface area contributed by atoms with Crippen LogP contribution in [0.25, 0.3) is 0 Å². The van der Waals surface area contributed by atoms with Gasteiger partial charge in [0.2, 0.25) is 0 Å². The van der Waals surface area contributed by atoms with E-state index < -0.39 is 0 Å². The molecule has 0 aromatic carbocycles. The molecule has 96 valence electrons. The van der Waals surface area contributed by atoms with Gasteiger partial charge in [-0.25, -0.2) is 0 Å². The first-order valence-electron chi connectivity index (χ1n) is 6.82. The van der Waals surface area contributed by atoms with Crippen molar-refractivity contribution in [2.24, 2.45) is 4.99 Å². The molecule has 0 radical (unpaired) electrons. The van der Waals surface area contributed by atoms with Crippen LogP contribution in [-0.2, 0) is 4.74 Å². The van der Waals surface area contributed by atoms with Crippen molar-refractivity contribution >= 4 is 5.71 Å². The Balaban J connectivity index is 4.82. The molecular weight excluding hydrogens is 198 g/mol. The van der Waals surface area contributed by atoms with Gasteiger partial charge in [-0.15, -0.1) is 0 Å². The molecule has 16 heavy (non-hydrogen) atoms. The third-order valence-electron chi connectivity index (χ3n) is 2.94. The predicted molar refractivity (Wildman–Crippen MR) is 72.4 cm³/mol. The Morgan fingerprint density at radius 3 is 1.94 bits per heavy atom. The highest BCUT2D eigenvalue weighted by Crippen LogP contribution is 2.27. The van der Waals surface area contributed by atoms with Crippen LogP contribution in [0.5, 0.6) is 0 Å². The van der Waals surface area contributed by atoms with Gasteiger partial charge in [0.1, 0.15) is 5.60 Å². The first-order chi connectivity index (χ1) is 7.66. The van der Waals surface area contributed by atoms with Gasteiger partial charge in [-0.2, -0.15) is 0 Å². The Kier molecular flexibility index (Phi) is 8.54. The smallest absolute Gasteiger partial charge is 0.105 e. The lowest BCUT2D eigenvalue weighted by Crippen LogP contribution is -2.40. The van der Waals surface area contributed by atoms with Gasteiger partial charge in [-0.05, 0) is 33.1 Å². The summed E-state index contributed by atoms with van der Waals surface area (Å²) in [6, 6.07) is 0. The first kappa shape index (κ1) is 15.6. The van der Waals surface area contributed by atoms with Crippen LogP contribution in [0, 0.1) is 0 Å². The summed E-state index contributed by atoms with van der Waals surface area (Å²) in [5, 5.41) is 0. The number of nitrogens with zero attached hydrogens (tertiary/aromatic N) is 1. The maximum absolute atomic E-state index is 6.14. The van der Waals surface area contributed by atoms with Crippen molar-refractivity contribution < 1.29 is 4.74 Å². The molecule has 2 nitrogen and oxygen atoms in total. The summed E-state index contributed by atoms with van der Waals surface area (Å²) in [7, 11) is 0. The maximum atomic E-state index is 6.14. The Bertz CT molecular complexity index is 193. The Hall–Kier alpha value is -0.370. The number of hydrogen-bond acceptors (Lipinski definition) is 2. The second-order valence-corrected chi connectivity index (χ2v) is 4.40. The minimum atomic E-state index is -0.0878. The lowest BCUT2D eigenvalue weighted by molar-refractivity contribution is -0.00610. The highest BCUT2D eigenvalue weighted by molar-refractivity contribution is 5.90. The van der Waals surface area contributed by atoms with Crippen LogP contribution in [0.2, 0.25) is 0 Å². The zero-order valence-corrected chi connectivity index (χ0v) is 11.8. The van der Waals surface area contributed by atoms with E-state index in [1.165, 1.54) is 5.71 Å². The van der Waals surface area contributed by atoms with Crippen LogP contribution in [0.4, 0.5) is 0 Å². The molecule has 2 heteroatoms. The van der Waals surface area contributed by atoms with E-state index in [4.69, 9.17) is 4.74 Å². The quantitative estimate of drug-likeness (QED) is 0.540. The van der Waals surface area contributed by atoms with Crippen molar-refractivity contribution in [3.8, 4) is 0 Å². The van der Waals surface area contributed by atoms with E-state index in [1.54, 1.807) is 0 Å². The van der Waals surface area contributed by atoms with E-state index >= 15 is 0 Å². The largest absolute Gasteiger partial charge is 0.369 e. The molecule has 0 aliphatic rings. The molecule has 0 aromatic rings. The van der Waals surface area contributed by atoms with E-state index in [0.717, 1.165) is 45.3 Å². The third kappa shape index (κ3) is 4.65. The van der Waals surface area contributed by atoms with Crippen molar-refractivity contribution in [3.05, 3.63) is 0 Å². The van der Waals surface area contributed by atoms with Crippen LogP contribution in [-0.4, -0.2) is 24.5 Å². The van der Waals surface area contributed by atoms with Crippen molar-refractivity contribution in [3.63, 3.8) is 0 Å². The van der Waals surface area contributed by atoms with Crippen LogP contribution >= 0.6 is 0 Å². The lowest BCUT2D eigenvalue weighted by atomic mass is 9.87. The van der Waals surface area contributed by atoms with Gasteiger partial charge >= 0.3 is 0 Å². The Labute approximate surface area is 101 Å². The highest BCUT2D eigenvalue weighted by atomic mass is 16.5. The molecule has 0 aliphatic carbocycles. The first-order valence-corrected chi connectivity index (χ1v) is 6.82. The third-order valence-corrected chi connectivity index (χ3v) is 2.94. The molecule has 0 atom stereocenters. The molecule has 0 saturated heterocycles. The molecule has 0 spiro atoms. The summed E-state index contributed by atoms with van der Waals surface area (Å²) >= 11 is 0. The van der Waals surface area contributed by atoms with Gasteiger partial charge < -0.3 is 4.74 Å².